The van der Waals surface area contributed by atoms with E-state index in [4.69, 9.17) is 10.8 Å². The van der Waals surface area contributed by atoms with Gasteiger partial charge in [-0.25, -0.2) is 9.78 Å². The number of aliphatic hydroxyl groups is 1. The van der Waals surface area contributed by atoms with E-state index in [0.717, 1.165) is 0 Å². The molecule has 9 N–H and O–H groups in total. The standard InChI is InChI=1S/C19H30N6O8/c1-8(2)14(19(32)33)24-18(31)15(9(3)26)25-17(30)12(5-13(27)28)23-16(29)11(20)4-10-6-21-7-22-10/h6-9,11-12,14-15,26H,4-5,20H2,1-3H3,(H,21,22)(H,23,29)(H,24,31)(H,25,30)(H,27,28)(H,32,33). The van der Waals surface area contributed by atoms with Crippen molar-refractivity contribution in [3.8, 4) is 0 Å². The average molecular weight is 470 g/mol. The molecule has 33 heavy (non-hydrogen) atoms. The molecular weight excluding hydrogens is 440 g/mol. The van der Waals surface area contributed by atoms with Crippen molar-refractivity contribution in [1.82, 2.24) is 25.9 Å². The van der Waals surface area contributed by atoms with Crippen LogP contribution in [-0.2, 0) is 30.4 Å². The Morgan fingerprint density at radius 3 is 2.06 bits per heavy atom. The molecule has 0 aromatic carbocycles. The van der Waals surface area contributed by atoms with E-state index < -0.39 is 72.3 Å². The number of carbonyl (C=O) groups is 5. The largest absolute Gasteiger partial charge is 0.481 e. The maximum atomic E-state index is 12.7. The Bertz CT molecular complexity index is 841. The number of carbonyl (C=O) groups excluding carboxylic acids is 3. The van der Waals surface area contributed by atoms with Gasteiger partial charge in [-0.15, -0.1) is 0 Å². The van der Waals surface area contributed by atoms with Gasteiger partial charge >= 0.3 is 11.9 Å². The van der Waals surface area contributed by atoms with E-state index in [1.165, 1.54) is 19.4 Å². The molecule has 184 valence electrons. The molecule has 0 fully saturated rings. The molecule has 0 radical (unpaired) electrons. The molecule has 3 amide bonds. The highest BCUT2D eigenvalue weighted by Crippen LogP contribution is 2.05. The molecule has 0 bridgehead atoms. The van der Waals surface area contributed by atoms with Gasteiger partial charge in [-0.1, -0.05) is 13.8 Å². The van der Waals surface area contributed by atoms with Crippen molar-refractivity contribution in [2.45, 2.75) is 63.9 Å². The molecule has 5 atom stereocenters. The Kier molecular flexibility index (Phi) is 10.4. The number of nitrogens with two attached hydrogens (primary N) is 1. The lowest BCUT2D eigenvalue weighted by Gasteiger charge is -2.26. The fourth-order valence-corrected chi connectivity index (χ4v) is 2.80. The summed E-state index contributed by atoms with van der Waals surface area (Å²) in [6.45, 7) is 4.29. The number of aliphatic carboxylic acids is 2. The highest BCUT2D eigenvalue weighted by atomic mass is 16.4. The summed E-state index contributed by atoms with van der Waals surface area (Å²) < 4.78 is 0. The van der Waals surface area contributed by atoms with E-state index in [0.29, 0.717) is 5.69 Å². The summed E-state index contributed by atoms with van der Waals surface area (Å²) in [6.07, 6.45) is 0.585. The van der Waals surface area contributed by atoms with Crippen LogP contribution in [0.25, 0.3) is 0 Å². The number of hydrogen-bond donors (Lipinski definition) is 8. The number of nitrogens with zero attached hydrogens (tertiary/aromatic N) is 1. The molecule has 1 aromatic rings. The van der Waals surface area contributed by atoms with Crippen molar-refractivity contribution in [2.75, 3.05) is 0 Å². The van der Waals surface area contributed by atoms with E-state index in [-0.39, 0.29) is 6.42 Å². The molecular formula is C19H30N6O8. The summed E-state index contributed by atoms with van der Waals surface area (Å²) in [4.78, 5) is 66.6. The van der Waals surface area contributed by atoms with Crippen molar-refractivity contribution in [3.63, 3.8) is 0 Å². The van der Waals surface area contributed by atoms with E-state index in [1.54, 1.807) is 13.8 Å². The summed E-state index contributed by atoms with van der Waals surface area (Å²) in [5.74, 6) is -6.10. The van der Waals surface area contributed by atoms with Crippen LogP contribution < -0.4 is 21.7 Å². The zero-order valence-corrected chi connectivity index (χ0v) is 18.4. The lowest BCUT2D eigenvalue weighted by molar-refractivity contribution is -0.145. The van der Waals surface area contributed by atoms with Crippen molar-refractivity contribution in [2.24, 2.45) is 11.7 Å². The topological polar surface area (TPSA) is 237 Å². The Labute approximate surface area is 189 Å². The fraction of sp³-hybridized carbons (Fsp3) is 0.579. The molecule has 0 aliphatic heterocycles. The Hall–Kier alpha value is -3.52. The second kappa shape index (κ2) is 12.5. The van der Waals surface area contributed by atoms with Crippen LogP contribution in [0.4, 0.5) is 0 Å². The smallest absolute Gasteiger partial charge is 0.326 e. The number of H-pyrrole nitrogens is 1. The second-order valence-electron chi connectivity index (χ2n) is 7.84. The monoisotopic (exact) mass is 470 g/mol. The third kappa shape index (κ3) is 8.86. The number of aromatic amines is 1. The minimum absolute atomic E-state index is 0.0394. The lowest BCUT2D eigenvalue weighted by atomic mass is 10.0. The number of hydrogen-bond acceptors (Lipinski definition) is 8. The zero-order chi connectivity index (χ0) is 25.3. The van der Waals surface area contributed by atoms with Crippen LogP contribution in [0.15, 0.2) is 12.5 Å². The first-order valence-corrected chi connectivity index (χ1v) is 10.1. The molecule has 1 aromatic heterocycles. The summed E-state index contributed by atoms with van der Waals surface area (Å²) in [6, 6.07) is -5.64. The maximum Gasteiger partial charge on any atom is 0.326 e. The van der Waals surface area contributed by atoms with Gasteiger partial charge in [0.05, 0.1) is 24.9 Å². The molecule has 1 heterocycles. The lowest BCUT2D eigenvalue weighted by Crippen LogP contribution is -2.60. The van der Waals surface area contributed by atoms with Gasteiger partial charge in [0.2, 0.25) is 17.7 Å². The molecule has 0 aliphatic rings. The van der Waals surface area contributed by atoms with E-state index in [2.05, 4.69) is 25.9 Å². The average Bonchev–Trinajstić information content (AvgIpc) is 3.21. The van der Waals surface area contributed by atoms with Crippen molar-refractivity contribution < 1.29 is 39.3 Å². The highest BCUT2D eigenvalue weighted by molar-refractivity contribution is 5.95. The number of aromatic nitrogens is 2. The molecule has 1 rings (SSSR count). The van der Waals surface area contributed by atoms with Crippen molar-refractivity contribution in [3.05, 3.63) is 18.2 Å². The van der Waals surface area contributed by atoms with E-state index in [1.807, 2.05) is 0 Å². The molecule has 0 spiro atoms. The van der Waals surface area contributed by atoms with Gasteiger partial charge in [-0.05, 0) is 12.8 Å². The molecule has 0 aliphatic carbocycles. The van der Waals surface area contributed by atoms with Gasteiger partial charge in [0.1, 0.15) is 18.1 Å². The molecule has 0 saturated heterocycles. The van der Waals surface area contributed by atoms with Gasteiger partial charge in [0.25, 0.3) is 0 Å². The summed E-state index contributed by atoms with van der Waals surface area (Å²) in [7, 11) is 0. The number of imidazole rings is 1. The Morgan fingerprint density at radius 2 is 1.61 bits per heavy atom. The van der Waals surface area contributed by atoms with Crippen molar-refractivity contribution in [1.29, 1.82) is 0 Å². The Morgan fingerprint density at radius 1 is 1.00 bits per heavy atom. The minimum Gasteiger partial charge on any atom is -0.481 e. The highest BCUT2D eigenvalue weighted by Gasteiger charge is 2.34. The van der Waals surface area contributed by atoms with E-state index in [9.17, 15) is 34.2 Å². The summed E-state index contributed by atoms with van der Waals surface area (Å²) in [5, 5.41) is 34.9. The van der Waals surface area contributed by atoms with Crippen LogP contribution in [0.3, 0.4) is 0 Å². The zero-order valence-electron chi connectivity index (χ0n) is 18.4. The molecule has 0 saturated carbocycles. The first-order valence-electron chi connectivity index (χ1n) is 10.1. The number of rotatable bonds is 13. The van der Waals surface area contributed by atoms with Crippen LogP contribution in [0.5, 0.6) is 0 Å². The first kappa shape index (κ1) is 27.5. The summed E-state index contributed by atoms with van der Waals surface area (Å²) in [5.41, 5.74) is 6.34. The normalized spacial score (nSPS) is 15.6. The number of carboxylic acid groups (broad SMARTS) is 2. The van der Waals surface area contributed by atoms with E-state index >= 15 is 0 Å². The predicted molar refractivity (Wildman–Crippen MR) is 112 cm³/mol. The number of nitrogens with one attached hydrogen (secondary N) is 4. The third-order valence-electron chi connectivity index (χ3n) is 4.64. The third-order valence-corrected chi connectivity index (χ3v) is 4.64. The number of carboxylic acids is 2. The van der Waals surface area contributed by atoms with Crippen molar-refractivity contribution >= 4 is 29.7 Å². The van der Waals surface area contributed by atoms with Crippen LogP contribution in [0, 0.1) is 5.92 Å². The SMILES string of the molecule is CC(C)C(NC(=O)C(NC(=O)C(CC(=O)O)NC(=O)C(N)Cc1cnc[nH]1)C(C)O)C(=O)O. The molecule has 5 unspecified atom stereocenters. The maximum absolute atomic E-state index is 12.7. The molecule has 14 heteroatoms. The van der Waals surface area contributed by atoms with Gasteiger partial charge in [0.15, 0.2) is 0 Å². The quantitative estimate of drug-likeness (QED) is 0.149. The van der Waals surface area contributed by atoms with Crippen LogP contribution in [-0.4, -0.2) is 85.2 Å². The van der Waals surface area contributed by atoms with Gasteiger partial charge in [-0.2, -0.15) is 0 Å². The molecule has 14 nitrogen and oxygen atoms in total. The van der Waals surface area contributed by atoms with Crippen LogP contribution in [0.1, 0.15) is 32.9 Å². The number of amides is 3. The predicted octanol–water partition coefficient (Wildman–Crippen LogP) is -2.67. The second-order valence-corrected chi connectivity index (χ2v) is 7.84. The van der Waals surface area contributed by atoms with Gasteiger partial charge < -0.3 is 42.0 Å². The first-order chi connectivity index (χ1) is 15.3. The van der Waals surface area contributed by atoms with Crippen LogP contribution in [0.2, 0.25) is 0 Å². The number of aliphatic hydroxyl groups excluding tert-OH is 1. The summed E-state index contributed by atoms with van der Waals surface area (Å²) >= 11 is 0. The van der Waals surface area contributed by atoms with Gasteiger partial charge in [-0.3, -0.25) is 19.2 Å². The Balaban J connectivity index is 2.92. The van der Waals surface area contributed by atoms with Gasteiger partial charge in [0, 0.05) is 18.3 Å². The minimum atomic E-state index is -1.61. The van der Waals surface area contributed by atoms with Crippen LogP contribution >= 0.6 is 0 Å². The fourth-order valence-electron chi connectivity index (χ4n) is 2.80.